The Morgan fingerprint density at radius 3 is 2.80 bits per heavy atom. The molecule has 15 heteroatoms. The van der Waals surface area contributed by atoms with Crippen LogP contribution in [0.25, 0.3) is 23.0 Å². The molecule has 5 rings (SSSR count). The molecule has 0 spiro atoms. The summed E-state index contributed by atoms with van der Waals surface area (Å²) < 4.78 is 11.5. The lowest BCUT2D eigenvalue weighted by Gasteiger charge is -2.17. The number of fused-ring (bicyclic) bond motifs is 4. The second-order valence-electron chi connectivity index (χ2n) is 10.1. The fourth-order valence-electron chi connectivity index (χ4n) is 4.92. The highest BCUT2D eigenvalue weighted by atomic mass is 35.5. The summed E-state index contributed by atoms with van der Waals surface area (Å²) >= 11 is 6.22. The van der Waals surface area contributed by atoms with Gasteiger partial charge in [-0.3, -0.25) is 10.1 Å². The van der Waals surface area contributed by atoms with Gasteiger partial charge in [-0.25, -0.2) is 14.6 Å². The van der Waals surface area contributed by atoms with Gasteiger partial charge in [0.05, 0.1) is 25.4 Å². The zero-order chi connectivity index (χ0) is 31.8. The zero-order valence-corrected chi connectivity index (χ0v) is 25.4. The van der Waals surface area contributed by atoms with Crippen molar-refractivity contribution in [2.45, 2.75) is 38.6 Å². The third kappa shape index (κ3) is 7.65. The van der Waals surface area contributed by atoms with Gasteiger partial charge >= 0.3 is 12.1 Å². The van der Waals surface area contributed by atoms with E-state index in [1.165, 1.54) is 24.2 Å². The van der Waals surface area contributed by atoms with Crippen LogP contribution in [0.4, 0.5) is 16.2 Å². The molecule has 2 aromatic heterocycles. The number of anilines is 2. The number of hydrogen-bond donors (Lipinski definition) is 4. The van der Waals surface area contributed by atoms with E-state index in [4.69, 9.17) is 26.1 Å². The lowest BCUT2D eigenvalue weighted by molar-refractivity contribution is -0.117. The molecule has 45 heavy (non-hydrogen) atoms. The second kappa shape index (κ2) is 14.5. The molecular formula is C30H32ClN9O5. The first-order chi connectivity index (χ1) is 21.9. The minimum Gasteiger partial charge on any atom is -0.461 e. The highest BCUT2D eigenvalue weighted by molar-refractivity contribution is 6.30. The number of hydrogen-bond acceptors (Lipinski definition) is 10. The molecule has 1 atom stereocenters. The van der Waals surface area contributed by atoms with Crippen molar-refractivity contribution in [2.24, 2.45) is 0 Å². The summed E-state index contributed by atoms with van der Waals surface area (Å²) in [5, 5.41) is 20.9. The number of imidazole rings is 1. The van der Waals surface area contributed by atoms with Gasteiger partial charge in [-0.1, -0.05) is 24.4 Å². The number of ether oxygens (including phenoxy) is 2. The molecule has 2 amide bonds. The number of rotatable bonds is 7. The highest BCUT2D eigenvalue weighted by Gasteiger charge is 2.26. The summed E-state index contributed by atoms with van der Waals surface area (Å²) in [6.45, 7) is 2.53. The molecule has 4 N–H and O–H groups in total. The van der Waals surface area contributed by atoms with E-state index in [-0.39, 0.29) is 18.2 Å². The molecule has 0 fully saturated rings. The topological polar surface area (TPSA) is 178 Å². The van der Waals surface area contributed by atoms with Crippen LogP contribution in [-0.2, 0) is 14.3 Å². The Morgan fingerprint density at radius 1 is 1.16 bits per heavy atom. The molecular weight excluding hydrogens is 602 g/mol. The van der Waals surface area contributed by atoms with Crippen LogP contribution in [0.3, 0.4) is 0 Å². The monoisotopic (exact) mass is 633 g/mol. The highest BCUT2D eigenvalue weighted by Crippen LogP contribution is 2.34. The predicted molar refractivity (Wildman–Crippen MR) is 167 cm³/mol. The van der Waals surface area contributed by atoms with Crippen molar-refractivity contribution >= 4 is 47.0 Å². The first-order valence-corrected chi connectivity index (χ1v) is 14.8. The number of amides is 2. The van der Waals surface area contributed by atoms with Crippen LogP contribution < -0.4 is 16.0 Å². The van der Waals surface area contributed by atoms with Gasteiger partial charge in [0, 0.05) is 40.1 Å². The van der Waals surface area contributed by atoms with Crippen molar-refractivity contribution in [2.75, 3.05) is 30.9 Å². The molecule has 4 aromatic rings. The van der Waals surface area contributed by atoms with Crippen molar-refractivity contribution in [3.63, 3.8) is 0 Å². The Bertz CT molecular complexity index is 1700. The van der Waals surface area contributed by atoms with Gasteiger partial charge in [0.2, 0.25) is 5.91 Å². The summed E-state index contributed by atoms with van der Waals surface area (Å²) in [5.41, 5.74) is 3.59. The minimum atomic E-state index is -0.605. The fraction of sp³-hybridized carbons (Fsp3) is 0.300. The second-order valence-corrected chi connectivity index (χ2v) is 10.5. The molecule has 1 aliphatic heterocycles. The Labute approximate surface area is 263 Å². The SMILES string of the molecule is CCOC(=O)c1[nH]c2nc1-c1ccc(NC(=O)OC)cc1NCCCCCC2NC(=O)C=Cc1cc(Cl)ccc1-n1cnnn1. The number of nitrogens with one attached hydrogen (secondary N) is 4. The number of esters is 1. The molecule has 1 unspecified atom stereocenters. The average Bonchev–Trinajstić information content (AvgIpc) is 3.72. The quantitative estimate of drug-likeness (QED) is 0.161. The third-order valence-electron chi connectivity index (χ3n) is 7.04. The molecule has 0 radical (unpaired) electrons. The Hall–Kier alpha value is -5.24. The number of carbonyl (C=O) groups excluding carboxylic acids is 3. The van der Waals surface area contributed by atoms with Crippen molar-refractivity contribution in [1.29, 1.82) is 0 Å². The number of nitrogens with zero attached hydrogens (tertiary/aromatic N) is 5. The number of carbonyl (C=O) groups is 3. The predicted octanol–water partition coefficient (Wildman–Crippen LogP) is 4.92. The minimum absolute atomic E-state index is 0.155. The molecule has 1 aliphatic rings. The van der Waals surface area contributed by atoms with Crippen molar-refractivity contribution < 1.29 is 23.9 Å². The first-order valence-electron chi connectivity index (χ1n) is 14.4. The van der Waals surface area contributed by atoms with Crippen LogP contribution in [0.2, 0.25) is 5.02 Å². The van der Waals surface area contributed by atoms with Crippen molar-refractivity contribution in [3.8, 4) is 16.9 Å². The third-order valence-corrected chi connectivity index (χ3v) is 7.27. The number of tetrazole rings is 1. The Balaban J connectivity index is 1.48. The standard InChI is InChI=1S/C30H32ClN9O5/c1-3-45-29(42)27-26-21-11-10-20(34-30(43)44-2)16-23(21)32-14-6-4-5-7-22(28(36-26)37-27)35-25(41)13-8-18-15-19(31)9-12-24(18)40-17-33-38-39-40/h8-13,15-17,22,32H,3-7,14H2,1-2H3,(H,34,43)(H,35,41)(H,36,37). The van der Waals surface area contributed by atoms with E-state index in [9.17, 15) is 14.4 Å². The summed E-state index contributed by atoms with van der Waals surface area (Å²) in [5.74, 6) is -0.536. The normalized spacial score (nSPS) is 14.8. The zero-order valence-electron chi connectivity index (χ0n) is 24.7. The molecule has 234 valence electrons. The van der Waals surface area contributed by atoms with Crippen LogP contribution >= 0.6 is 11.6 Å². The molecule has 0 saturated carbocycles. The number of methoxy groups -OCH3 is 1. The van der Waals surface area contributed by atoms with Crippen LogP contribution in [0.15, 0.2) is 48.8 Å². The van der Waals surface area contributed by atoms with E-state index in [2.05, 4.69) is 36.5 Å². The van der Waals surface area contributed by atoms with Crippen LogP contribution in [0, 0.1) is 0 Å². The van der Waals surface area contributed by atoms with E-state index < -0.39 is 18.1 Å². The Kier molecular flexibility index (Phi) is 10.0. The lowest BCUT2D eigenvalue weighted by Crippen LogP contribution is -2.28. The van der Waals surface area contributed by atoms with Gasteiger partial charge < -0.3 is 25.1 Å². The van der Waals surface area contributed by atoms with E-state index in [1.54, 1.807) is 49.4 Å². The average molecular weight is 634 g/mol. The molecule has 0 saturated heterocycles. The molecule has 2 bridgehead atoms. The number of benzene rings is 2. The fourth-order valence-corrected chi connectivity index (χ4v) is 5.10. The molecule has 2 aromatic carbocycles. The van der Waals surface area contributed by atoms with Crippen LogP contribution in [0.1, 0.15) is 60.5 Å². The van der Waals surface area contributed by atoms with E-state index in [0.29, 0.717) is 57.7 Å². The summed E-state index contributed by atoms with van der Waals surface area (Å²) in [4.78, 5) is 46.1. The maximum Gasteiger partial charge on any atom is 0.411 e. The molecule has 3 heterocycles. The Morgan fingerprint density at radius 2 is 2.02 bits per heavy atom. The maximum absolute atomic E-state index is 13.3. The van der Waals surface area contributed by atoms with Gasteiger partial charge in [0.1, 0.15) is 17.8 Å². The van der Waals surface area contributed by atoms with Gasteiger partial charge in [-0.15, -0.1) is 5.10 Å². The number of aromatic amines is 1. The van der Waals surface area contributed by atoms with Crippen LogP contribution in [0.5, 0.6) is 0 Å². The van der Waals surface area contributed by atoms with Gasteiger partial charge in [-0.05, 0) is 72.7 Å². The van der Waals surface area contributed by atoms with E-state index >= 15 is 0 Å². The van der Waals surface area contributed by atoms with Crippen molar-refractivity contribution in [1.82, 2.24) is 35.5 Å². The number of H-pyrrole nitrogens is 1. The van der Waals surface area contributed by atoms with Gasteiger partial charge in [0.25, 0.3) is 0 Å². The van der Waals surface area contributed by atoms with Crippen LogP contribution in [-0.4, -0.2) is 68.4 Å². The van der Waals surface area contributed by atoms with Crippen molar-refractivity contribution in [3.05, 3.63) is 70.9 Å². The smallest absolute Gasteiger partial charge is 0.411 e. The van der Waals surface area contributed by atoms with Gasteiger partial charge in [-0.2, -0.15) is 4.68 Å². The lowest BCUT2D eigenvalue weighted by atomic mass is 10.0. The van der Waals surface area contributed by atoms with Gasteiger partial charge in [0.15, 0.2) is 5.69 Å². The van der Waals surface area contributed by atoms with E-state index in [1.807, 2.05) is 0 Å². The maximum atomic E-state index is 13.3. The van der Waals surface area contributed by atoms with E-state index in [0.717, 1.165) is 19.3 Å². The summed E-state index contributed by atoms with van der Waals surface area (Å²) in [6.07, 6.45) is 6.98. The first kappa shape index (κ1) is 31.2. The molecule has 0 aliphatic carbocycles. The molecule has 14 nitrogen and oxygen atoms in total. The summed E-state index contributed by atoms with van der Waals surface area (Å²) in [7, 11) is 1.29. The summed E-state index contributed by atoms with van der Waals surface area (Å²) in [6, 6.07) is 9.84. The number of halogens is 1. The number of aromatic nitrogens is 6. The largest absolute Gasteiger partial charge is 0.461 e.